The molecule has 7 heteroatoms. The smallest absolute Gasteiger partial charge is 0.408 e. The molecular weight excluding hydrogens is 350 g/mol. The highest BCUT2D eigenvalue weighted by molar-refractivity contribution is 5.86. The molecule has 3 N–H and O–H groups in total. The van der Waals surface area contributed by atoms with Crippen molar-refractivity contribution in [1.82, 2.24) is 5.32 Å². The predicted octanol–water partition coefficient (Wildman–Crippen LogP) is 2.66. The van der Waals surface area contributed by atoms with E-state index >= 15 is 0 Å². The number of rotatable bonds is 6. The van der Waals surface area contributed by atoms with Crippen LogP contribution in [0.15, 0.2) is 42.5 Å². The summed E-state index contributed by atoms with van der Waals surface area (Å²) in [5.41, 5.74) is 5.35. The van der Waals surface area contributed by atoms with Crippen LogP contribution in [-0.2, 0) is 27.4 Å². The highest BCUT2D eigenvalue weighted by atomic mass is 16.5. The average Bonchev–Trinajstić information content (AvgIpc) is 3.03. The van der Waals surface area contributed by atoms with E-state index in [0.717, 1.165) is 28.7 Å². The van der Waals surface area contributed by atoms with Crippen LogP contribution in [0.2, 0.25) is 0 Å². The summed E-state index contributed by atoms with van der Waals surface area (Å²) in [4.78, 5) is 34.2. The van der Waals surface area contributed by atoms with Crippen LogP contribution in [-0.4, -0.2) is 34.3 Å². The first-order chi connectivity index (χ1) is 12.9. The van der Waals surface area contributed by atoms with Gasteiger partial charge in [0.2, 0.25) is 0 Å². The van der Waals surface area contributed by atoms with Gasteiger partial charge < -0.3 is 20.3 Å². The number of nitrogens with one attached hydrogen (secondary N) is 1. The summed E-state index contributed by atoms with van der Waals surface area (Å²) in [7, 11) is 0. The first-order valence-corrected chi connectivity index (χ1v) is 8.46. The number of alkyl carbamates (subject to hydrolysis) is 1. The maximum atomic E-state index is 12.0. The quantitative estimate of drug-likeness (QED) is 0.616. The molecule has 1 aliphatic rings. The first-order valence-electron chi connectivity index (χ1n) is 8.46. The van der Waals surface area contributed by atoms with Gasteiger partial charge >= 0.3 is 18.0 Å². The van der Waals surface area contributed by atoms with Gasteiger partial charge in [-0.05, 0) is 41.2 Å². The van der Waals surface area contributed by atoms with E-state index in [1.54, 1.807) is 0 Å². The molecule has 0 saturated carbocycles. The molecular formula is C20H19NO6. The Morgan fingerprint density at radius 3 is 2.44 bits per heavy atom. The third-order valence-corrected chi connectivity index (χ3v) is 4.74. The molecule has 2 aromatic carbocycles. The fourth-order valence-electron chi connectivity index (χ4n) is 3.21. The number of benzene rings is 2. The van der Waals surface area contributed by atoms with Gasteiger partial charge in [0.15, 0.2) is 0 Å². The summed E-state index contributed by atoms with van der Waals surface area (Å²) in [6.07, 6.45) is -0.232. The number of ether oxygens (including phenoxy) is 1. The highest BCUT2D eigenvalue weighted by Crippen LogP contribution is 2.38. The molecule has 0 saturated heterocycles. The maximum absolute atomic E-state index is 12.0. The molecule has 140 valence electrons. The molecule has 2 aromatic rings. The molecule has 2 atom stereocenters. The minimum absolute atomic E-state index is 0.0310. The Morgan fingerprint density at radius 2 is 1.74 bits per heavy atom. The van der Waals surface area contributed by atoms with Gasteiger partial charge in [-0.25, -0.2) is 9.59 Å². The lowest BCUT2D eigenvalue weighted by Gasteiger charge is -2.18. The second-order valence-electron chi connectivity index (χ2n) is 6.44. The summed E-state index contributed by atoms with van der Waals surface area (Å²) < 4.78 is 5.16. The van der Waals surface area contributed by atoms with Gasteiger partial charge in [-0.1, -0.05) is 42.5 Å². The second kappa shape index (κ2) is 7.49. The Kier molecular flexibility index (Phi) is 5.12. The fraction of sp³-hybridized carbons (Fsp3) is 0.250. The van der Waals surface area contributed by atoms with E-state index in [4.69, 9.17) is 14.9 Å². The average molecular weight is 369 g/mol. The number of aliphatic carboxylic acids is 2. The van der Waals surface area contributed by atoms with E-state index in [1.807, 2.05) is 36.4 Å². The molecule has 3 rings (SSSR count). The Labute approximate surface area is 155 Å². The third-order valence-electron chi connectivity index (χ3n) is 4.74. The Balaban J connectivity index is 1.69. The minimum Gasteiger partial charge on any atom is -0.481 e. The van der Waals surface area contributed by atoms with Crippen molar-refractivity contribution in [3.8, 4) is 11.1 Å². The molecule has 0 spiro atoms. The zero-order valence-corrected chi connectivity index (χ0v) is 14.6. The van der Waals surface area contributed by atoms with Crippen molar-refractivity contribution in [3.05, 3.63) is 59.2 Å². The molecule has 1 unspecified atom stereocenters. The van der Waals surface area contributed by atoms with Gasteiger partial charge in [0.1, 0.15) is 12.6 Å². The largest absolute Gasteiger partial charge is 0.481 e. The van der Waals surface area contributed by atoms with Crippen LogP contribution in [0.1, 0.15) is 23.6 Å². The molecule has 0 bridgehead atoms. The number of carbonyl (C=O) groups excluding carboxylic acids is 1. The summed E-state index contributed by atoms with van der Waals surface area (Å²) in [5.74, 6) is -4.04. The molecule has 0 fully saturated rings. The van der Waals surface area contributed by atoms with Gasteiger partial charge in [-0.15, -0.1) is 0 Å². The van der Waals surface area contributed by atoms with Crippen LogP contribution in [0.25, 0.3) is 11.1 Å². The van der Waals surface area contributed by atoms with Crippen LogP contribution in [0.3, 0.4) is 0 Å². The van der Waals surface area contributed by atoms with Crippen molar-refractivity contribution in [1.29, 1.82) is 0 Å². The Bertz CT molecular complexity index is 907. The fourth-order valence-corrected chi connectivity index (χ4v) is 3.21. The normalized spacial score (nSPS) is 13.8. The number of amides is 1. The van der Waals surface area contributed by atoms with Crippen LogP contribution in [0.5, 0.6) is 0 Å². The van der Waals surface area contributed by atoms with Gasteiger partial charge in [0.25, 0.3) is 0 Å². The van der Waals surface area contributed by atoms with Crippen molar-refractivity contribution in [2.75, 3.05) is 0 Å². The Hall–Kier alpha value is -3.35. The number of hydrogen-bond donors (Lipinski definition) is 3. The molecule has 27 heavy (non-hydrogen) atoms. The van der Waals surface area contributed by atoms with Crippen molar-refractivity contribution in [2.24, 2.45) is 5.92 Å². The van der Waals surface area contributed by atoms with Crippen LogP contribution in [0, 0.1) is 5.92 Å². The summed E-state index contributed by atoms with van der Waals surface area (Å²) >= 11 is 0. The minimum atomic E-state index is -1.57. The van der Waals surface area contributed by atoms with Crippen molar-refractivity contribution in [2.45, 2.75) is 26.0 Å². The zero-order valence-electron chi connectivity index (χ0n) is 14.6. The van der Waals surface area contributed by atoms with Gasteiger partial charge in [-0.3, -0.25) is 4.79 Å². The van der Waals surface area contributed by atoms with E-state index in [1.165, 1.54) is 12.5 Å². The van der Waals surface area contributed by atoms with E-state index in [-0.39, 0.29) is 6.61 Å². The van der Waals surface area contributed by atoms with E-state index < -0.39 is 30.0 Å². The number of hydrogen-bond acceptors (Lipinski definition) is 4. The first kappa shape index (κ1) is 18.4. The predicted molar refractivity (Wildman–Crippen MR) is 96.2 cm³/mol. The maximum Gasteiger partial charge on any atom is 0.408 e. The number of fused-ring (bicyclic) bond motifs is 3. The number of carboxylic acids is 2. The molecule has 0 heterocycles. The summed E-state index contributed by atoms with van der Waals surface area (Å²) in [6, 6.07) is 12.2. The summed E-state index contributed by atoms with van der Waals surface area (Å²) in [5, 5.41) is 20.2. The van der Waals surface area contributed by atoms with E-state index in [9.17, 15) is 14.4 Å². The summed E-state index contributed by atoms with van der Waals surface area (Å²) in [6.45, 7) is 1.18. The lowest BCUT2D eigenvalue weighted by Crippen LogP contribution is -2.47. The third kappa shape index (κ3) is 3.76. The van der Waals surface area contributed by atoms with Gasteiger partial charge in [0.05, 0.1) is 5.92 Å². The Morgan fingerprint density at radius 1 is 1.04 bits per heavy atom. The molecule has 0 aliphatic heterocycles. The highest BCUT2D eigenvalue weighted by Gasteiger charge is 2.32. The monoisotopic (exact) mass is 369 g/mol. The molecule has 0 aromatic heterocycles. The SMILES string of the molecule is CC(C(=O)O)[C@H](NC(=O)OCc1cccc2c1Cc1ccccc1-2)C(=O)O. The topological polar surface area (TPSA) is 113 Å². The van der Waals surface area contributed by atoms with E-state index in [0.29, 0.717) is 0 Å². The number of carbonyl (C=O) groups is 3. The molecule has 7 nitrogen and oxygen atoms in total. The zero-order chi connectivity index (χ0) is 19.6. The van der Waals surface area contributed by atoms with E-state index in [2.05, 4.69) is 11.4 Å². The van der Waals surface area contributed by atoms with Gasteiger partial charge in [0, 0.05) is 0 Å². The van der Waals surface area contributed by atoms with Crippen LogP contribution >= 0.6 is 0 Å². The van der Waals surface area contributed by atoms with Crippen molar-refractivity contribution >= 4 is 18.0 Å². The van der Waals surface area contributed by atoms with Crippen molar-refractivity contribution < 1.29 is 29.3 Å². The standard InChI is InChI=1S/C20H19NO6/c1-11(18(22)23)17(19(24)25)21-20(26)27-10-13-6-4-8-15-14-7-3-2-5-12(14)9-16(13)15/h2-8,11,17H,9-10H2,1H3,(H,21,26)(H,22,23)(H,24,25)/t11?,17-/m0/s1. The molecule has 0 radical (unpaired) electrons. The van der Waals surface area contributed by atoms with Crippen LogP contribution in [0.4, 0.5) is 4.79 Å². The van der Waals surface area contributed by atoms with Gasteiger partial charge in [-0.2, -0.15) is 0 Å². The lowest BCUT2D eigenvalue weighted by atomic mass is 10.0. The number of carboxylic acid groups (broad SMARTS) is 2. The molecule has 1 amide bonds. The van der Waals surface area contributed by atoms with Crippen molar-refractivity contribution in [3.63, 3.8) is 0 Å². The van der Waals surface area contributed by atoms with Crippen LogP contribution < -0.4 is 5.32 Å². The molecule has 1 aliphatic carbocycles. The second-order valence-corrected chi connectivity index (χ2v) is 6.44. The lowest BCUT2D eigenvalue weighted by molar-refractivity contribution is -0.150.